The normalized spacial score (nSPS) is 20.0. The average Bonchev–Trinajstić information content (AvgIpc) is 3.03. The molecule has 0 unspecified atom stereocenters. The average molecular weight is 392 g/mol. The van der Waals surface area contributed by atoms with Crippen LogP contribution in [0.2, 0.25) is 0 Å². The van der Waals surface area contributed by atoms with Crippen LogP contribution in [0.25, 0.3) is 22.3 Å². The van der Waals surface area contributed by atoms with Gasteiger partial charge in [-0.1, -0.05) is 25.1 Å². The number of cyclic esters (lactones) is 1. The van der Waals surface area contributed by atoms with Gasteiger partial charge < -0.3 is 19.5 Å². The Morgan fingerprint density at radius 2 is 2.03 bits per heavy atom. The predicted molar refractivity (Wildman–Crippen MR) is 105 cm³/mol. The summed E-state index contributed by atoms with van der Waals surface area (Å²) in [7, 11) is 0. The molecule has 2 aliphatic rings. The van der Waals surface area contributed by atoms with E-state index >= 15 is 0 Å². The lowest BCUT2D eigenvalue weighted by molar-refractivity contribution is -0.149. The first kappa shape index (κ1) is 18.0. The summed E-state index contributed by atoms with van der Waals surface area (Å²) in [6.45, 7) is 1.73. The summed E-state index contributed by atoms with van der Waals surface area (Å²) >= 11 is 0. The van der Waals surface area contributed by atoms with Crippen molar-refractivity contribution in [2.45, 2.75) is 45.1 Å². The Labute approximate surface area is 166 Å². The number of hydrogen-bond donors (Lipinski definition) is 2. The fraction of sp³-hybridized carbons (Fsp3) is 0.318. The minimum Gasteiger partial charge on any atom is -0.460 e. The molecule has 1 aromatic carbocycles. The van der Waals surface area contributed by atoms with Crippen molar-refractivity contribution >= 4 is 16.9 Å². The van der Waals surface area contributed by atoms with Gasteiger partial charge in [0, 0.05) is 10.9 Å². The van der Waals surface area contributed by atoms with Crippen LogP contribution in [0.1, 0.15) is 42.0 Å². The van der Waals surface area contributed by atoms with Crippen molar-refractivity contribution in [3.63, 3.8) is 0 Å². The van der Waals surface area contributed by atoms with E-state index in [1.54, 1.807) is 17.6 Å². The Morgan fingerprint density at radius 3 is 2.79 bits per heavy atom. The zero-order chi connectivity index (χ0) is 20.3. The maximum atomic E-state index is 13.3. The molecule has 29 heavy (non-hydrogen) atoms. The first-order valence-electron chi connectivity index (χ1n) is 9.63. The molecule has 5 rings (SSSR count). The molecule has 0 spiro atoms. The number of benzene rings is 1. The number of para-hydroxylation sites is 1. The van der Waals surface area contributed by atoms with Crippen LogP contribution in [0.3, 0.4) is 0 Å². The molecule has 0 saturated heterocycles. The summed E-state index contributed by atoms with van der Waals surface area (Å²) in [5, 5.41) is 22.0. The number of carbonyl (C=O) groups is 1. The number of esters is 1. The number of nitrogens with zero attached hydrogens (tertiary/aromatic N) is 2. The number of fused-ring (bicyclic) bond motifs is 5. The molecule has 0 amide bonds. The van der Waals surface area contributed by atoms with E-state index in [0.717, 1.165) is 22.0 Å². The zero-order valence-corrected chi connectivity index (χ0v) is 15.9. The molecule has 7 heteroatoms. The van der Waals surface area contributed by atoms with Crippen molar-refractivity contribution in [3.05, 3.63) is 62.9 Å². The molecule has 148 valence electrons. The summed E-state index contributed by atoms with van der Waals surface area (Å²) in [5.41, 5.74) is 2.47. The molecule has 7 nitrogen and oxygen atoms in total. The Kier molecular flexibility index (Phi) is 3.88. The van der Waals surface area contributed by atoms with E-state index in [9.17, 15) is 19.8 Å². The first-order valence-corrected chi connectivity index (χ1v) is 9.63. The second kappa shape index (κ2) is 6.23. The fourth-order valence-corrected chi connectivity index (χ4v) is 4.49. The van der Waals surface area contributed by atoms with Gasteiger partial charge in [-0.15, -0.1) is 0 Å². The third kappa shape index (κ3) is 2.47. The molecule has 0 fully saturated rings. The molecule has 2 N–H and O–H groups in total. The SMILES string of the molecule is CC[C@@]1(O)CC(=O)OCc2c1cc1n(c2=O)Cc2c-1nc1ccccc1c2CO. The minimum atomic E-state index is -1.46. The summed E-state index contributed by atoms with van der Waals surface area (Å²) in [5.74, 6) is -0.526. The van der Waals surface area contributed by atoms with Gasteiger partial charge in [0.15, 0.2) is 0 Å². The molecule has 0 bridgehead atoms. The summed E-state index contributed by atoms with van der Waals surface area (Å²) in [6, 6.07) is 9.30. The van der Waals surface area contributed by atoms with Crippen molar-refractivity contribution in [2.24, 2.45) is 0 Å². The van der Waals surface area contributed by atoms with Gasteiger partial charge in [-0.25, -0.2) is 4.98 Å². The fourth-order valence-electron chi connectivity index (χ4n) is 4.49. The summed E-state index contributed by atoms with van der Waals surface area (Å²) in [4.78, 5) is 30.0. The quantitative estimate of drug-likeness (QED) is 0.506. The van der Waals surface area contributed by atoms with Crippen molar-refractivity contribution in [1.82, 2.24) is 9.55 Å². The van der Waals surface area contributed by atoms with E-state index in [-0.39, 0.29) is 38.2 Å². The molecular weight excluding hydrogens is 372 g/mol. The van der Waals surface area contributed by atoms with Crippen molar-refractivity contribution in [1.29, 1.82) is 0 Å². The molecule has 4 heterocycles. The number of hydrogen-bond acceptors (Lipinski definition) is 6. The number of rotatable bonds is 2. The molecule has 2 aliphatic heterocycles. The standard InChI is InChI=1S/C22H20N2O5/c1-2-22(28)8-19(26)29-11-15-16(22)7-18-20-13(9-24(18)21(15)27)14(10-25)12-5-3-4-6-17(12)23-20/h3-7,25,28H,2,8-11H2,1H3/t22-/m1/s1. The van der Waals surface area contributed by atoms with Gasteiger partial charge in [-0.2, -0.15) is 0 Å². The Morgan fingerprint density at radius 1 is 1.24 bits per heavy atom. The van der Waals surface area contributed by atoms with Crippen LogP contribution >= 0.6 is 0 Å². The molecular formula is C22H20N2O5. The second-order valence-electron chi connectivity index (χ2n) is 7.63. The first-order chi connectivity index (χ1) is 14.0. The molecule has 2 aromatic heterocycles. The third-order valence-corrected chi connectivity index (χ3v) is 6.13. The van der Waals surface area contributed by atoms with Crippen LogP contribution in [-0.4, -0.2) is 25.7 Å². The number of aliphatic hydroxyl groups excluding tert-OH is 1. The molecule has 1 atom stereocenters. The van der Waals surface area contributed by atoms with Crippen LogP contribution in [0, 0.1) is 0 Å². The van der Waals surface area contributed by atoms with E-state index in [4.69, 9.17) is 9.72 Å². The number of carbonyl (C=O) groups excluding carboxylic acids is 1. The van der Waals surface area contributed by atoms with Gasteiger partial charge in [0.05, 0.1) is 42.0 Å². The van der Waals surface area contributed by atoms with E-state index in [1.807, 2.05) is 24.3 Å². The van der Waals surface area contributed by atoms with Crippen molar-refractivity contribution < 1.29 is 19.7 Å². The second-order valence-corrected chi connectivity index (χ2v) is 7.63. The van der Waals surface area contributed by atoms with Gasteiger partial charge in [-0.05, 0) is 29.7 Å². The summed E-state index contributed by atoms with van der Waals surface area (Å²) in [6.07, 6.45) is 0.0805. The molecule has 0 saturated carbocycles. The van der Waals surface area contributed by atoms with Gasteiger partial charge >= 0.3 is 5.97 Å². The van der Waals surface area contributed by atoms with E-state index in [0.29, 0.717) is 22.5 Å². The Balaban J connectivity index is 1.82. The lowest BCUT2D eigenvalue weighted by atomic mass is 9.85. The van der Waals surface area contributed by atoms with Gasteiger partial charge in [0.25, 0.3) is 5.56 Å². The number of ether oxygens (including phenoxy) is 1. The minimum absolute atomic E-state index is 0.159. The number of pyridine rings is 2. The van der Waals surface area contributed by atoms with E-state index < -0.39 is 11.6 Å². The Bertz CT molecular complexity index is 1250. The topological polar surface area (TPSA) is 102 Å². The van der Waals surface area contributed by atoms with Crippen LogP contribution < -0.4 is 5.56 Å². The largest absolute Gasteiger partial charge is 0.460 e. The highest BCUT2D eigenvalue weighted by molar-refractivity contribution is 5.88. The molecule has 0 aliphatic carbocycles. The predicted octanol–water partition coefficient (Wildman–Crippen LogP) is 1.96. The zero-order valence-electron chi connectivity index (χ0n) is 15.9. The maximum absolute atomic E-state index is 13.3. The lowest BCUT2D eigenvalue weighted by Crippen LogP contribution is -2.32. The lowest BCUT2D eigenvalue weighted by Gasteiger charge is -2.26. The number of aliphatic hydroxyl groups is 2. The Hall–Kier alpha value is -3.03. The van der Waals surface area contributed by atoms with Gasteiger partial charge in [0.2, 0.25) is 0 Å². The summed E-state index contributed by atoms with van der Waals surface area (Å²) < 4.78 is 6.77. The highest BCUT2D eigenvalue weighted by Gasteiger charge is 2.39. The van der Waals surface area contributed by atoms with Crippen LogP contribution in [0.5, 0.6) is 0 Å². The molecule has 3 aromatic rings. The van der Waals surface area contributed by atoms with Crippen LogP contribution in [-0.2, 0) is 34.9 Å². The van der Waals surface area contributed by atoms with E-state index in [1.165, 1.54) is 0 Å². The molecule has 0 radical (unpaired) electrons. The van der Waals surface area contributed by atoms with Gasteiger partial charge in [0.1, 0.15) is 12.2 Å². The van der Waals surface area contributed by atoms with Crippen molar-refractivity contribution in [2.75, 3.05) is 0 Å². The monoisotopic (exact) mass is 392 g/mol. The van der Waals surface area contributed by atoms with Crippen molar-refractivity contribution in [3.8, 4) is 11.4 Å². The highest BCUT2D eigenvalue weighted by Crippen LogP contribution is 2.40. The number of aromatic nitrogens is 2. The third-order valence-electron chi connectivity index (χ3n) is 6.13. The van der Waals surface area contributed by atoms with E-state index in [2.05, 4.69) is 0 Å². The van der Waals surface area contributed by atoms with Crippen LogP contribution in [0.15, 0.2) is 35.1 Å². The smallest absolute Gasteiger partial charge is 0.309 e. The van der Waals surface area contributed by atoms with Crippen LogP contribution in [0.4, 0.5) is 0 Å². The van der Waals surface area contributed by atoms with Gasteiger partial charge in [-0.3, -0.25) is 9.59 Å². The highest BCUT2D eigenvalue weighted by atomic mass is 16.5. The maximum Gasteiger partial charge on any atom is 0.309 e.